The highest BCUT2D eigenvalue weighted by molar-refractivity contribution is 7.89. The summed E-state index contributed by atoms with van der Waals surface area (Å²) in [5.41, 5.74) is 1.52. The van der Waals surface area contributed by atoms with Gasteiger partial charge in [0.2, 0.25) is 10.0 Å². The van der Waals surface area contributed by atoms with Gasteiger partial charge in [-0.25, -0.2) is 13.2 Å². The first-order valence-electron chi connectivity index (χ1n) is 10.4. The molecule has 3 aromatic rings. The van der Waals surface area contributed by atoms with Gasteiger partial charge in [0.25, 0.3) is 5.91 Å². The zero-order valence-electron chi connectivity index (χ0n) is 18.9. The van der Waals surface area contributed by atoms with Gasteiger partial charge in [0, 0.05) is 25.2 Å². The molecule has 0 aliphatic rings. The smallest absolute Gasteiger partial charge is 0.337 e. The largest absolute Gasteiger partial charge is 0.465 e. The topological polar surface area (TPSA) is 98.0 Å². The van der Waals surface area contributed by atoms with E-state index in [0.717, 1.165) is 10.2 Å². The van der Waals surface area contributed by atoms with Crippen LogP contribution in [-0.4, -0.2) is 49.4 Å². The molecular weight excluding hydrogens is 474 g/mol. The molecule has 8 nitrogen and oxygen atoms in total. The first-order chi connectivity index (χ1) is 16.3. The second-order valence-corrected chi connectivity index (χ2v) is 10.1. The van der Waals surface area contributed by atoms with Crippen LogP contribution in [0.3, 0.4) is 0 Å². The number of hydrogen-bond acceptors (Lipinski definition) is 6. The van der Waals surface area contributed by atoms with Gasteiger partial charge in [-0.2, -0.15) is 9.30 Å². The van der Waals surface area contributed by atoms with Crippen LogP contribution in [-0.2, 0) is 21.3 Å². The van der Waals surface area contributed by atoms with Crippen LogP contribution in [0.4, 0.5) is 0 Å². The number of carbonyl (C=O) groups excluding carboxylic acids is 2. The fraction of sp³-hybridized carbons (Fsp3) is 0.208. The molecule has 2 aromatic carbocycles. The van der Waals surface area contributed by atoms with Crippen LogP contribution in [0.1, 0.15) is 27.6 Å². The molecule has 1 aromatic heterocycles. The lowest BCUT2D eigenvalue weighted by atomic mass is 10.2. The normalized spacial score (nSPS) is 12.1. The number of fused-ring (bicyclic) bond motifs is 1. The van der Waals surface area contributed by atoms with Crippen molar-refractivity contribution in [1.82, 2.24) is 8.87 Å². The van der Waals surface area contributed by atoms with Gasteiger partial charge < -0.3 is 9.30 Å². The fourth-order valence-electron chi connectivity index (χ4n) is 3.34. The standard InChI is InChI=1S/C24H25N3O5S2/c1-5-14-26(15-6-2)34(30,31)19-11-8-17(9-12-19)22(28)25-24-27(7-3)20-13-10-18(23(29)32-4)16-21(20)33-24/h5-6,8-13,16H,1-2,7,14-15H2,3-4H3. The highest BCUT2D eigenvalue weighted by Gasteiger charge is 2.22. The number of rotatable bonds is 9. The summed E-state index contributed by atoms with van der Waals surface area (Å²) in [6, 6.07) is 10.8. The molecular formula is C24H25N3O5S2. The lowest BCUT2D eigenvalue weighted by molar-refractivity contribution is 0.0600. The zero-order valence-corrected chi connectivity index (χ0v) is 20.6. The summed E-state index contributed by atoms with van der Waals surface area (Å²) in [6.07, 6.45) is 3.00. The van der Waals surface area contributed by atoms with Crippen LogP contribution in [0, 0.1) is 0 Å². The van der Waals surface area contributed by atoms with Gasteiger partial charge in [-0.1, -0.05) is 23.5 Å². The van der Waals surface area contributed by atoms with Crippen molar-refractivity contribution in [2.75, 3.05) is 20.2 Å². The Hall–Kier alpha value is -3.34. The van der Waals surface area contributed by atoms with Gasteiger partial charge in [0.15, 0.2) is 4.80 Å². The number of hydrogen-bond donors (Lipinski definition) is 0. The number of thiazole rings is 1. The molecule has 1 amide bonds. The maximum atomic E-state index is 12.9. The molecule has 0 N–H and O–H groups in total. The van der Waals surface area contributed by atoms with E-state index in [2.05, 4.69) is 18.2 Å². The number of aromatic nitrogens is 1. The summed E-state index contributed by atoms with van der Waals surface area (Å²) in [5.74, 6) is -0.942. The van der Waals surface area contributed by atoms with E-state index in [9.17, 15) is 18.0 Å². The highest BCUT2D eigenvalue weighted by Crippen LogP contribution is 2.21. The van der Waals surface area contributed by atoms with Crippen molar-refractivity contribution in [2.24, 2.45) is 4.99 Å². The van der Waals surface area contributed by atoms with Gasteiger partial charge in [-0.15, -0.1) is 13.2 Å². The third kappa shape index (κ3) is 5.09. The van der Waals surface area contributed by atoms with E-state index in [-0.39, 0.29) is 23.5 Å². The molecule has 0 bridgehead atoms. The van der Waals surface area contributed by atoms with Crippen molar-refractivity contribution in [3.63, 3.8) is 0 Å². The monoisotopic (exact) mass is 499 g/mol. The molecule has 0 spiro atoms. The number of nitrogens with zero attached hydrogens (tertiary/aromatic N) is 3. The minimum Gasteiger partial charge on any atom is -0.465 e. The van der Waals surface area contributed by atoms with Gasteiger partial charge >= 0.3 is 5.97 Å². The molecule has 0 fully saturated rings. The molecule has 0 unspecified atom stereocenters. The Labute approximate surface area is 202 Å². The van der Waals surface area contributed by atoms with Crippen LogP contribution >= 0.6 is 11.3 Å². The SMILES string of the molecule is C=CCN(CC=C)S(=O)(=O)c1ccc(C(=O)N=c2sc3cc(C(=O)OC)ccc3n2CC)cc1. The Morgan fingerprint density at radius 2 is 1.71 bits per heavy atom. The summed E-state index contributed by atoms with van der Waals surface area (Å²) in [4.78, 5) is 29.5. The second-order valence-electron chi connectivity index (χ2n) is 7.14. The summed E-state index contributed by atoms with van der Waals surface area (Å²) in [7, 11) is -2.44. The Morgan fingerprint density at radius 3 is 2.26 bits per heavy atom. The molecule has 0 aliphatic carbocycles. The number of amides is 1. The number of esters is 1. The molecule has 10 heteroatoms. The minimum absolute atomic E-state index is 0.0635. The Morgan fingerprint density at radius 1 is 1.09 bits per heavy atom. The highest BCUT2D eigenvalue weighted by atomic mass is 32.2. The van der Waals surface area contributed by atoms with Crippen LogP contribution in [0.5, 0.6) is 0 Å². The summed E-state index contributed by atoms with van der Waals surface area (Å²) in [6.45, 7) is 9.98. The van der Waals surface area contributed by atoms with Crippen molar-refractivity contribution in [3.05, 3.63) is 83.7 Å². The number of benzene rings is 2. The van der Waals surface area contributed by atoms with Crippen molar-refractivity contribution < 1.29 is 22.7 Å². The Bertz CT molecular complexity index is 1410. The van der Waals surface area contributed by atoms with Gasteiger partial charge in [-0.05, 0) is 49.4 Å². The summed E-state index contributed by atoms with van der Waals surface area (Å²) in [5, 5.41) is 0. The third-order valence-electron chi connectivity index (χ3n) is 5.02. The fourth-order valence-corrected chi connectivity index (χ4v) is 5.85. The summed E-state index contributed by atoms with van der Waals surface area (Å²) < 4.78 is 34.4. The van der Waals surface area contributed by atoms with Crippen molar-refractivity contribution >= 4 is 43.5 Å². The number of methoxy groups -OCH3 is 1. The quantitative estimate of drug-likeness (QED) is 0.331. The molecule has 0 saturated heterocycles. The van der Waals surface area contributed by atoms with Crippen molar-refractivity contribution in [2.45, 2.75) is 18.4 Å². The van der Waals surface area contributed by atoms with E-state index in [1.807, 2.05) is 11.5 Å². The summed E-state index contributed by atoms with van der Waals surface area (Å²) >= 11 is 1.28. The first kappa shape index (κ1) is 25.3. The number of aryl methyl sites for hydroxylation is 1. The maximum absolute atomic E-state index is 12.9. The predicted octanol–water partition coefficient (Wildman–Crippen LogP) is 3.61. The van der Waals surface area contributed by atoms with Gasteiger partial charge in [0.1, 0.15) is 0 Å². The van der Waals surface area contributed by atoms with E-state index < -0.39 is 21.9 Å². The zero-order chi connectivity index (χ0) is 24.9. The van der Waals surface area contributed by atoms with Gasteiger partial charge in [-0.3, -0.25) is 4.79 Å². The average molecular weight is 500 g/mol. The number of carbonyl (C=O) groups is 2. The first-order valence-corrected chi connectivity index (χ1v) is 12.6. The van der Waals surface area contributed by atoms with Crippen LogP contribution in [0.15, 0.2) is 77.7 Å². The van der Waals surface area contributed by atoms with Crippen LogP contribution in [0.2, 0.25) is 0 Å². The Kier molecular flexibility index (Phi) is 7.98. The van der Waals surface area contributed by atoms with Gasteiger partial charge in [0.05, 0.1) is 27.8 Å². The average Bonchev–Trinajstić information content (AvgIpc) is 3.19. The predicted molar refractivity (Wildman–Crippen MR) is 132 cm³/mol. The molecule has 0 aliphatic heterocycles. The molecule has 0 atom stereocenters. The van der Waals surface area contributed by atoms with E-state index >= 15 is 0 Å². The number of ether oxygens (including phenoxy) is 1. The third-order valence-corrected chi connectivity index (χ3v) is 7.91. The lowest BCUT2D eigenvalue weighted by Gasteiger charge is -2.19. The molecule has 34 heavy (non-hydrogen) atoms. The molecule has 178 valence electrons. The van der Waals surface area contributed by atoms with Crippen molar-refractivity contribution in [1.29, 1.82) is 0 Å². The number of sulfonamides is 1. The molecule has 0 saturated carbocycles. The van der Waals surface area contributed by atoms with Crippen LogP contribution in [0.25, 0.3) is 10.2 Å². The van der Waals surface area contributed by atoms with E-state index in [1.165, 1.54) is 59.2 Å². The molecule has 3 rings (SSSR count). The van der Waals surface area contributed by atoms with Crippen LogP contribution < -0.4 is 4.80 Å². The molecule has 0 radical (unpaired) electrons. The minimum atomic E-state index is -3.76. The van der Waals surface area contributed by atoms with E-state index in [0.29, 0.717) is 16.9 Å². The van der Waals surface area contributed by atoms with E-state index in [4.69, 9.17) is 4.74 Å². The lowest BCUT2D eigenvalue weighted by Crippen LogP contribution is -2.31. The second kappa shape index (κ2) is 10.7. The molecule has 1 heterocycles. The Balaban J connectivity index is 1.96. The maximum Gasteiger partial charge on any atom is 0.337 e. The van der Waals surface area contributed by atoms with E-state index in [1.54, 1.807) is 18.2 Å². The van der Waals surface area contributed by atoms with Crippen molar-refractivity contribution in [3.8, 4) is 0 Å².